The number of amides is 1. The largest absolute Gasteiger partial charge is 0.493 e. The number of carbonyl (C=O) groups excluding carboxylic acids is 1. The fourth-order valence-electron chi connectivity index (χ4n) is 2.44. The maximum absolute atomic E-state index is 12.1. The third kappa shape index (κ3) is 5.26. The molecule has 0 fully saturated rings. The Balaban J connectivity index is 1.71. The highest BCUT2D eigenvalue weighted by atomic mass is 79.9. The van der Waals surface area contributed by atoms with E-state index in [0.717, 1.165) is 17.3 Å². The van der Waals surface area contributed by atoms with Crippen LogP contribution in [0.3, 0.4) is 0 Å². The Labute approximate surface area is 190 Å². The van der Waals surface area contributed by atoms with Gasteiger partial charge in [-0.15, -0.1) is 0 Å². The summed E-state index contributed by atoms with van der Waals surface area (Å²) in [6.45, 7) is 0.285. The van der Waals surface area contributed by atoms with Gasteiger partial charge in [0.15, 0.2) is 23.0 Å². The van der Waals surface area contributed by atoms with E-state index < -0.39 is 5.91 Å². The standard InChI is InChI=1S/C19H17BrClN5O3S/c1-22-18-16(25-30-26-18)19(27)24-23-9-11-7-13(20)17(15(8-11)28-2)29-10-12-5-3-4-6-14(12)21/h3-9H,10H2,1-2H3,(H,22,26)(H,24,27). The molecular formula is C19H17BrClN5O3S. The maximum atomic E-state index is 12.1. The van der Waals surface area contributed by atoms with E-state index in [1.54, 1.807) is 26.3 Å². The Kier molecular flexibility index (Phi) is 7.61. The molecule has 3 rings (SSSR count). The van der Waals surface area contributed by atoms with E-state index in [-0.39, 0.29) is 12.3 Å². The second-order valence-corrected chi connectivity index (χ2v) is 7.61. The van der Waals surface area contributed by atoms with Crippen molar-refractivity contribution in [3.05, 3.63) is 62.7 Å². The molecule has 11 heteroatoms. The van der Waals surface area contributed by atoms with Gasteiger partial charge in [0.25, 0.3) is 5.91 Å². The molecule has 0 aliphatic carbocycles. The summed E-state index contributed by atoms with van der Waals surface area (Å²) in [6, 6.07) is 11.0. The van der Waals surface area contributed by atoms with Crippen molar-refractivity contribution >= 4 is 57.2 Å². The number of rotatable bonds is 8. The molecule has 1 heterocycles. The summed E-state index contributed by atoms with van der Waals surface area (Å²) in [4.78, 5) is 12.1. The van der Waals surface area contributed by atoms with Gasteiger partial charge < -0.3 is 14.8 Å². The average Bonchev–Trinajstić information content (AvgIpc) is 3.22. The molecule has 0 saturated carbocycles. The first-order valence-electron chi connectivity index (χ1n) is 8.61. The van der Waals surface area contributed by atoms with Gasteiger partial charge in [0.2, 0.25) is 0 Å². The van der Waals surface area contributed by atoms with Gasteiger partial charge in [-0.05, 0) is 39.7 Å². The summed E-state index contributed by atoms with van der Waals surface area (Å²) in [5.41, 5.74) is 4.16. The zero-order valence-electron chi connectivity index (χ0n) is 16.0. The van der Waals surface area contributed by atoms with Crippen LogP contribution in [0.5, 0.6) is 11.5 Å². The molecule has 2 N–H and O–H groups in total. The number of halogens is 2. The van der Waals surface area contributed by atoms with Crippen molar-refractivity contribution in [2.24, 2.45) is 5.10 Å². The number of anilines is 1. The number of benzene rings is 2. The summed E-state index contributed by atoms with van der Waals surface area (Å²) in [6.07, 6.45) is 1.49. The number of aromatic nitrogens is 2. The van der Waals surface area contributed by atoms with Crippen molar-refractivity contribution in [1.29, 1.82) is 0 Å². The van der Waals surface area contributed by atoms with E-state index in [9.17, 15) is 4.79 Å². The second kappa shape index (κ2) is 10.4. The van der Waals surface area contributed by atoms with Gasteiger partial charge in [-0.25, -0.2) is 5.43 Å². The molecule has 0 atom stereocenters. The van der Waals surface area contributed by atoms with E-state index in [2.05, 4.69) is 40.5 Å². The van der Waals surface area contributed by atoms with Crippen LogP contribution in [0, 0.1) is 0 Å². The van der Waals surface area contributed by atoms with Crippen molar-refractivity contribution in [3.8, 4) is 11.5 Å². The first-order chi connectivity index (χ1) is 14.5. The van der Waals surface area contributed by atoms with Crippen LogP contribution < -0.4 is 20.2 Å². The highest BCUT2D eigenvalue weighted by Gasteiger charge is 2.15. The van der Waals surface area contributed by atoms with Gasteiger partial charge in [-0.3, -0.25) is 4.79 Å². The van der Waals surface area contributed by atoms with Gasteiger partial charge in [0.1, 0.15) is 6.61 Å². The SMILES string of the molecule is CNc1nsnc1C(=O)NN=Cc1cc(Br)c(OCc2ccccc2Cl)c(OC)c1. The average molecular weight is 511 g/mol. The van der Waals surface area contributed by atoms with Crippen LogP contribution in [-0.2, 0) is 6.61 Å². The molecule has 0 radical (unpaired) electrons. The number of hydrogen-bond acceptors (Lipinski definition) is 8. The van der Waals surface area contributed by atoms with E-state index >= 15 is 0 Å². The monoisotopic (exact) mass is 509 g/mol. The van der Waals surface area contributed by atoms with Crippen molar-refractivity contribution in [3.63, 3.8) is 0 Å². The molecule has 0 saturated heterocycles. The van der Waals surface area contributed by atoms with Crippen LogP contribution in [0.15, 0.2) is 46.0 Å². The number of hydrogen-bond donors (Lipinski definition) is 2. The summed E-state index contributed by atoms with van der Waals surface area (Å²) in [5.74, 6) is 0.975. The van der Waals surface area contributed by atoms with E-state index in [1.165, 1.54) is 6.21 Å². The van der Waals surface area contributed by atoms with Crippen molar-refractivity contribution in [1.82, 2.24) is 14.2 Å². The molecular weight excluding hydrogens is 494 g/mol. The van der Waals surface area contributed by atoms with Crippen LogP contribution in [0.2, 0.25) is 5.02 Å². The molecule has 0 aliphatic heterocycles. The molecule has 2 aromatic carbocycles. The number of nitrogens with one attached hydrogen (secondary N) is 2. The molecule has 0 bridgehead atoms. The summed E-state index contributed by atoms with van der Waals surface area (Å²) in [7, 11) is 3.21. The summed E-state index contributed by atoms with van der Waals surface area (Å²) >= 11 is 10.6. The Morgan fingerprint density at radius 1 is 1.33 bits per heavy atom. The van der Waals surface area contributed by atoms with Gasteiger partial charge in [0.05, 0.1) is 29.5 Å². The van der Waals surface area contributed by atoms with E-state index in [0.29, 0.717) is 32.4 Å². The molecule has 156 valence electrons. The smallest absolute Gasteiger partial charge is 0.294 e. The molecule has 0 spiro atoms. The Hall–Kier alpha value is -2.69. The number of hydrazone groups is 1. The molecule has 8 nitrogen and oxygen atoms in total. The molecule has 3 aromatic rings. The highest BCUT2D eigenvalue weighted by Crippen LogP contribution is 2.37. The minimum absolute atomic E-state index is 0.182. The predicted molar refractivity (Wildman–Crippen MR) is 121 cm³/mol. The first kappa shape index (κ1) is 22.0. The summed E-state index contributed by atoms with van der Waals surface area (Å²) in [5, 5.41) is 7.40. The third-order valence-electron chi connectivity index (χ3n) is 3.90. The van der Waals surface area contributed by atoms with Gasteiger partial charge in [-0.1, -0.05) is 29.8 Å². The van der Waals surface area contributed by atoms with Crippen LogP contribution >= 0.6 is 39.3 Å². The normalized spacial score (nSPS) is 10.8. The molecule has 30 heavy (non-hydrogen) atoms. The number of nitrogens with zero attached hydrogens (tertiary/aromatic N) is 3. The fourth-order valence-corrected chi connectivity index (χ4v) is 3.76. The second-order valence-electron chi connectivity index (χ2n) is 5.82. The predicted octanol–water partition coefficient (Wildman–Crippen LogP) is 4.35. The third-order valence-corrected chi connectivity index (χ3v) is 5.39. The highest BCUT2D eigenvalue weighted by molar-refractivity contribution is 9.10. The minimum Gasteiger partial charge on any atom is -0.493 e. The van der Waals surface area contributed by atoms with Crippen molar-refractivity contribution in [2.45, 2.75) is 6.61 Å². The topological polar surface area (TPSA) is 97.7 Å². The maximum Gasteiger partial charge on any atom is 0.294 e. The number of methoxy groups -OCH3 is 1. The van der Waals surface area contributed by atoms with E-state index in [4.69, 9.17) is 21.1 Å². The van der Waals surface area contributed by atoms with Gasteiger partial charge in [-0.2, -0.15) is 13.8 Å². The first-order valence-corrected chi connectivity index (χ1v) is 10.5. The van der Waals surface area contributed by atoms with Crippen LogP contribution in [0.1, 0.15) is 21.6 Å². The lowest BCUT2D eigenvalue weighted by Gasteiger charge is -2.14. The molecule has 0 unspecified atom stereocenters. The number of ether oxygens (including phenoxy) is 2. The zero-order chi connectivity index (χ0) is 21.5. The number of carbonyl (C=O) groups is 1. The zero-order valence-corrected chi connectivity index (χ0v) is 19.1. The van der Waals surface area contributed by atoms with E-state index in [1.807, 2.05) is 24.3 Å². The van der Waals surface area contributed by atoms with Crippen molar-refractivity contribution in [2.75, 3.05) is 19.5 Å². The quantitative estimate of drug-likeness (QED) is 0.345. The minimum atomic E-state index is -0.463. The molecule has 1 amide bonds. The molecule has 1 aromatic heterocycles. The van der Waals surface area contributed by atoms with Crippen LogP contribution in [0.4, 0.5) is 5.82 Å². The lowest BCUT2D eigenvalue weighted by atomic mass is 10.2. The van der Waals surface area contributed by atoms with Crippen LogP contribution in [-0.4, -0.2) is 35.0 Å². The Morgan fingerprint density at radius 2 is 2.13 bits per heavy atom. The molecule has 0 aliphatic rings. The van der Waals surface area contributed by atoms with Crippen LogP contribution in [0.25, 0.3) is 0 Å². The van der Waals surface area contributed by atoms with Gasteiger partial charge in [0, 0.05) is 17.6 Å². The van der Waals surface area contributed by atoms with Crippen molar-refractivity contribution < 1.29 is 14.3 Å². The fraction of sp³-hybridized carbons (Fsp3) is 0.158. The van der Waals surface area contributed by atoms with Gasteiger partial charge >= 0.3 is 0 Å². The Bertz CT molecular complexity index is 1080. The lowest BCUT2D eigenvalue weighted by molar-refractivity contribution is 0.0952. The Morgan fingerprint density at radius 3 is 2.87 bits per heavy atom. The summed E-state index contributed by atoms with van der Waals surface area (Å²) < 4.78 is 19.9. The lowest BCUT2D eigenvalue weighted by Crippen LogP contribution is -2.19.